The maximum atomic E-state index is 12.8. The fourth-order valence-corrected chi connectivity index (χ4v) is 3.69. The number of amides is 1. The number of aromatic nitrogens is 2. The molecular weight excluding hydrogens is 362 g/mol. The number of rotatable bonds is 5. The molecule has 1 aromatic heterocycles. The van der Waals surface area contributed by atoms with Crippen LogP contribution in [-0.4, -0.2) is 21.6 Å². The van der Waals surface area contributed by atoms with Crippen molar-refractivity contribution in [1.29, 1.82) is 0 Å². The molecule has 4 rings (SSSR count). The Balaban J connectivity index is 1.53. The lowest BCUT2D eigenvalue weighted by atomic mass is 10.1. The van der Waals surface area contributed by atoms with E-state index in [1.54, 1.807) is 6.92 Å². The zero-order valence-corrected chi connectivity index (χ0v) is 17.2. The highest BCUT2D eigenvalue weighted by Gasteiger charge is 2.20. The van der Waals surface area contributed by atoms with Crippen molar-refractivity contribution in [2.24, 2.45) is 0 Å². The van der Waals surface area contributed by atoms with Gasteiger partial charge in [-0.3, -0.25) is 4.79 Å². The van der Waals surface area contributed by atoms with Gasteiger partial charge in [0.1, 0.15) is 11.6 Å². The van der Waals surface area contributed by atoms with E-state index in [2.05, 4.69) is 16.1 Å². The van der Waals surface area contributed by atoms with Crippen LogP contribution in [-0.2, 0) is 17.8 Å². The molecule has 1 aliphatic heterocycles. The normalized spacial score (nSPS) is 14.2. The molecule has 150 valence electrons. The largest absolute Gasteiger partial charge is 0.481 e. The van der Waals surface area contributed by atoms with Gasteiger partial charge in [0.25, 0.3) is 5.91 Å². The van der Waals surface area contributed by atoms with Gasteiger partial charge in [0.2, 0.25) is 0 Å². The molecule has 1 N–H and O–H groups in total. The second-order valence-corrected chi connectivity index (χ2v) is 7.69. The molecule has 0 fully saturated rings. The Bertz CT molecular complexity index is 1010. The van der Waals surface area contributed by atoms with Crippen molar-refractivity contribution >= 4 is 11.6 Å². The number of ether oxygens (including phenoxy) is 1. The second-order valence-electron chi connectivity index (χ2n) is 7.69. The van der Waals surface area contributed by atoms with Gasteiger partial charge in [-0.15, -0.1) is 0 Å². The van der Waals surface area contributed by atoms with E-state index < -0.39 is 6.10 Å². The predicted molar refractivity (Wildman–Crippen MR) is 115 cm³/mol. The number of nitrogens with one attached hydrogen (secondary N) is 1. The number of para-hydroxylation sites is 1. The average molecular weight is 389 g/mol. The third-order valence-electron chi connectivity index (χ3n) is 5.60. The fourth-order valence-electron chi connectivity index (χ4n) is 3.69. The maximum absolute atomic E-state index is 12.8. The molecule has 0 saturated heterocycles. The number of hydrogen-bond acceptors (Lipinski definition) is 3. The topological polar surface area (TPSA) is 56.1 Å². The Hall–Kier alpha value is -3.08. The van der Waals surface area contributed by atoms with Crippen LogP contribution >= 0.6 is 0 Å². The molecule has 1 aliphatic rings. The molecule has 1 atom stereocenters. The predicted octanol–water partition coefficient (Wildman–Crippen LogP) is 4.91. The molecule has 5 nitrogen and oxygen atoms in total. The molecule has 3 aromatic rings. The summed E-state index contributed by atoms with van der Waals surface area (Å²) in [7, 11) is 0. The molecule has 1 unspecified atom stereocenters. The lowest BCUT2D eigenvalue weighted by Crippen LogP contribution is -2.30. The summed E-state index contributed by atoms with van der Waals surface area (Å²) in [5.41, 5.74) is 4.78. The fraction of sp³-hybridized carbons (Fsp3) is 0.333. The molecule has 2 heterocycles. The molecule has 0 aliphatic carbocycles. The first-order chi connectivity index (χ1) is 14.0. The Morgan fingerprint density at radius 2 is 1.97 bits per heavy atom. The summed E-state index contributed by atoms with van der Waals surface area (Å²) in [5.74, 6) is 1.68. The van der Waals surface area contributed by atoms with Crippen LogP contribution < -0.4 is 10.1 Å². The summed E-state index contributed by atoms with van der Waals surface area (Å²) in [6.07, 6.45) is 4.86. The van der Waals surface area contributed by atoms with Crippen LogP contribution in [0.4, 0.5) is 5.69 Å². The molecule has 0 saturated carbocycles. The summed E-state index contributed by atoms with van der Waals surface area (Å²) in [6, 6.07) is 13.7. The molecule has 0 spiro atoms. The van der Waals surface area contributed by atoms with E-state index in [0.29, 0.717) is 0 Å². The van der Waals surface area contributed by atoms with Crippen molar-refractivity contribution in [3.8, 4) is 17.0 Å². The number of nitrogens with zero attached hydrogens (tertiary/aromatic N) is 2. The summed E-state index contributed by atoms with van der Waals surface area (Å²) in [6.45, 7) is 6.82. The molecule has 0 bridgehead atoms. The van der Waals surface area contributed by atoms with Gasteiger partial charge in [-0.05, 0) is 56.9 Å². The number of carbonyl (C=O) groups is 1. The van der Waals surface area contributed by atoms with Gasteiger partial charge in [0.05, 0.1) is 11.4 Å². The Morgan fingerprint density at radius 3 is 2.79 bits per heavy atom. The van der Waals surface area contributed by atoms with E-state index in [1.807, 2.05) is 56.3 Å². The van der Waals surface area contributed by atoms with Gasteiger partial charge in [-0.1, -0.05) is 30.3 Å². The van der Waals surface area contributed by atoms with Crippen LogP contribution in [0.25, 0.3) is 11.3 Å². The van der Waals surface area contributed by atoms with Crippen molar-refractivity contribution in [3.05, 3.63) is 65.6 Å². The molecule has 2 aromatic carbocycles. The zero-order valence-electron chi connectivity index (χ0n) is 17.2. The molecular formula is C24H27N3O2. The minimum absolute atomic E-state index is 0.178. The average Bonchev–Trinajstić information content (AvgIpc) is 3.16. The van der Waals surface area contributed by atoms with E-state index in [9.17, 15) is 4.79 Å². The summed E-state index contributed by atoms with van der Waals surface area (Å²) in [5, 5.41) is 3.03. The first kappa shape index (κ1) is 19.2. The van der Waals surface area contributed by atoms with Crippen molar-refractivity contribution in [1.82, 2.24) is 9.55 Å². The van der Waals surface area contributed by atoms with Crippen molar-refractivity contribution < 1.29 is 9.53 Å². The number of aryl methyl sites for hydroxylation is 3. The smallest absolute Gasteiger partial charge is 0.265 e. The highest BCUT2D eigenvalue weighted by Crippen LogP contribution is 2.29. The van der Waals surface area contributed by atoms with E-state index >= 15 is 0 Å². The van der Waals surface area contributed by atoms with Crippen molar-refractivity contribution in [2.45, 2.75) is 52.7 Å². The second kappa shape index (κ2) is 8.11. The minimum atomic E-state index is -0.612. The summed E-state index contributed by atoms with van der Waals surface area (Å²) < 4.78 is 8.17. The quantitative estimate of drug-likeness (QED) is 0.675. The molecule has 29 heavy (non-hydrogen) atoms. The number of fused-ring (bicyclic) bond motifs is 1. The van der Waals surface area contributed by atoms with E-state index in [0.717, 1.165) is 52.6 Å². The van der Waals surface area contributed by atoms with Crippen molar-refractivity contribution in [3.63, 3.8) is 0 Å². The highest BCUT2D eigenvalue weighted by molar-refractivity contribution is 5.97. The molecule has 1 amide bonds. The van der Waals surface area contributed by atoms with Crippen LogP contribution in [0.2, 0.25) is 0 Å². The van der Waals surface area contributed by atoms with Gasteiger partial charge < -0.3 is 14.6 Å². The molecule has 0 radical (unpaired) electrons. The Kier molecular flexibility index (Phi) is 5.38. The van der Waals surface area contributed by atoms with Gasteiger partial charge in [0.15, 0.2) is 6.10 Å². The SMILES string of the molecule is Cc1cccc(OC(C)C(=O)Nc2ccccc2-c2cn3c(n2)CCCC3)c1C. The number of benzene rings is 2. The number of carbonyl (C=O) groups excluding carboxylic acids is 1. The van der Waals surface area contributed by atoms with Crippen molar-refractivity contribution in [2.75, 3.05) is 5.32 Å². The third kappa shape index (κ3) is 4.04. The zero-order chi connectivity index (χ0) is 20.4. The van der Waals surface area contributed by atoms with E-state index in [4.69, 9.17) is 9.72 Å². The highest BCUT2D eigenvalue weighted by atomic mass is 16.5. The van der Waals surface area contributed by atoms with Gasteiger partial charge in [-0.25, -0.2) is 4.98 Å². The summed E-state index contributed by atoms with van der Waals surface area (Å²) in [4.78, 5) is 17.6. The lowest BCUT2D eigenvalue weighted by molar-refractivity contribution is -0.122. The van der Waals surface area contributed by atoms with E-state index in [1.165, 1.54) is 12.8 Å². The maximum Gasteiger partial charge on any atom is 0.265 e. The first-order valence-corrected chi connectivity index (χ1v) is 10.2. The van der Waals surface area contributed by atoms with Gasteiger partial charge in [0, 0.05) is 24.7 Å². The minimum Gasteiger partial charge on any atom is -0.481 e. The van der Waals surface area contributed by atoms with Crippen LogP contribution in [0.1, 0.15) is 36.7 Å². The van der Waals surface area contributed by atoms with Crippen LogP contribution in [0.3, 0.4) is 0 Å². The van der Waals surface area contributed by atoms with E-state index in [-0.39, 0.29) is 5.91 Å². The monoisotopic (exact) mass is 389 g/mol. The Morgan fingerprint density at radius 1 is 1.14 bits per heavy atom. The van der Waals surface area contributed by atoms with Crippen LogP contribution in [0.15, 0.2) is 48.7 Å². The third-order valence-corrected chi connectivity index (χ3v) is 5.60. The standard InChI is InChI=1S/C24H27N3O2/c1-16-9-8-12-22(17(16)2)29-18(3)24(28)26-20-11-5-4-10-19(20)21-15-27-14-7-6-13-23(27)25-21/h4-5,8-12,15,18H,6-7,13-14H2,1-3H3,(H,26,28). The number of imidazole rings is 1. The summed E-state index contributed by atoms with van der Waals surface area (Å²) >= 11 is 0. The lowest BCUT2D eigenvalue weighted by Gasteiger charge is -2.18. The van der Waals surface area contributed by atoms with Crippen LogP contribution in [0.5, 0.6) is 5.75 Å². The Labute approximate surface area is 171 Å². The first-order valence-electron chi connectivity index (χ1n) is 10.2. The van der Waals surface area contributed by atoms with Crippen LogP contribution in [0, 0.1) is 13.8 Å². The van der Waals surface area contributed by atoms with Gasteiger partial charge in [-0.2, -0.15) is 0 Å². The number of hydrogen-bond donors (Lipinski definition) is 1. The number of anilines is 1. The molecule has 5 heteroatoms. The van der Waals surface area contributed by atoms with Gasteiger partial charge >= 0.3 is 0 Å².